The normalized spacial score (nSPS) is 17.1. The zero-order valence-electron chi connectivity index (χ0n) is 25.8. The van der Waals surface area contributed by atoms with Gasteiger partial charge in [-0.25, -0.2) is 0 Å². The number of allylic oxidation sites excluding steroid dienone is 4. The Bertz CT molecular complexity index is 1740. The summed E-state index contributed by atoms with van der Waals surface area (Å²) in [4.78, 5) is 37.8. The molecule has 0 aliphatic carbocycles. The van der Waals surface area contributed by atoms with Gasteiger partial charge in [0.1, 0.15) is 0 Å². The maximum atomic E-state index is 14.0. The van der Waals surface area contributed by atoms with Crippen molar-refractivity contribution in [1.82, 2.24) is 0 Å². The van der Waals surface area contributed by atoms with Crippen LogP contribution < -0.4 is 0 Å². The maximum absolute atomic E-state index is 14.0. The van der Waals surface area contributed by atoms with Crippen LogP contribution in [0, 0.1) is 13.8 Å². The topological polar surface area (TPSA) is 87.1 Å². The van der Waals surface area contributed by atoms with Crippen LogP contribution >= 0.6 is 0 Å². The number of benzene rings is 4. The molecule has 6 heteroatoms. The molecule has 0 N–H and O–H groups in total. The molecule has 5 rings (SSSR count). The van der Waals surface area contributed by atoms with Crippen molar-refractivity contribution in [2.24, 2.45) is 9.98 Å². The second kappa shape index (κ2) is 12.9. The van der Waals surface area contributed by atoms with E-state index in [1.807, 2.05) is 139 Å². The summed E-state index contributed by atoms with van der Waals surface area (Å²) in [5.41, 5.74) is 8.34. The van der Waals surface area contributed by atoms with E-state index in [-0.39, 0.29) is 11.6 Å². The van der Waals surface area contributed by atoms with E-state index in [9.17, 15) is 9.59 Å². The second-order valence-corrected chi connectivity index (χ2v) is 10.9. The van der Waals surface area contributed by atoms with Gasteiger partial charge in [-0.15, -0.1) is 22.8 Å². The fourth-order valence-electron chi connectivity index (χ4n) is 5.13. The molecular formula is C38H34N4O2-2. The Hall–Kier alpha value is -5.36. The SMILES string of the molecule is CC1=Nc2ccccc2[N-]/C(C)=C(/C(=O)c2ccc(C)cc2)C(C)=Nc2ccccc2[N-]/C(C)=C\1C(=O)c1ccc(C)cc1. The smallest absolute Gasteiger partial charge is 0.193 e. The van der Waals surface area contributed by atoms with Crippen LogP contribution in [0.4, 0.5) is 22.7 Å². The van der Waals surface area contributed by atoms with Crippen molar-refractivity contribution in [2.45, 2.75) is 41.5 Å². The highest BCUT2D eigenvalue weighted by Crippen LogP contribution is 2.40. The number of aryl methyl sites for hydroxylation is 2. The molecule has 44 heavy (non-hydrogen) atoms. The molecule has 0 saturated carbocycles. The predicted octanol–water partition coefficient (Wildman–Crippen LogP) is 10.5. The highest BCUT2D eigenvalue weighted by molar-refractivity contribution is 6.30. The minimum atomic E-state index is -0.173. The molecule has 4 aromatic carbocycles. The molecule has 4 aromatic rings. The Morgan fingerprint density at radius 1 is 0.477 bits per heavy atom. The minimum Gasteiger partial charge on any atom is -0.659 e. The van der Waals surface area contributed by atoms with Crippen LogP contribution in [0.1, 0.15) is 59.5 Å². The first-order chi connectivity index (χ1) is 21.1. The lowest BCUT2D eigenvalue weighted by Gasteiger charge is -2.30. The number of hydrogen-bond donors (Lipinski definition) is 0. The third-order valence-corrected chi connectivity index (χ3v) is 7.44. The highest BCUT2D eigenvalue weighted by Gasteiger charge is 2.18. The molecule has 0 bridgehead atoms. The molecule has 0 amide bonds. The molecule has 0 spiro atoms. The number of carbonyl (C=O) groups is 2. The Balaban J connectivity index is 1.73. The molecule has 0 atom stereocenters. The quantitative estimate of drug-likeness (QED) is 0.226. The van der Waals surface area contributed by atoms with Crippen LogP contribution in [-0.4, -0.2) is 23.0 Å². The fraction of sp³-hybridized carbons (Fsp3) is 0.158. The molecule has 0 aromatic heterocycles. The van der Waals surface area contributed by atoms with E-state index in [0.29, 0.717) is 67.8 Å². The lowest BCUT2D eigenvalue weighted by molar-refractivity contribution is 0.103. The van der Waals surface area contributed by atoms with Gasteiger partial charge in [-0.05, 0) is 39.8 Å². The molecule has 6 nitrogen and oxygen atoms in total. The number of fused-ring (bicyclic) bond motifs is 2. The second-order valence-electron chi connectivity index (χ2n) is 10.9. The third-order valence-electron chi connectivity index (χ3n) is 7.44. The number of Topliss-reactive ketones (excluding diaryl/α,β-unsaturated/α-hetero) is 2. The van der Waals surface area contributed by atoms with Crippen molar-refractivity contribution < 1.29 is 9.59 Å². The van der Waals surface area contributed by atoms with Gasteiger partial charge in [-0.3, -0.25) is 19.6 Å². The number of rotatable bonds is 4. The van der Waals surface area contributed by atoms with Crippen LogP contribution in [-0.2, 0) is 0 Å². The predicted molar refractivity (Wildman–Crippen MR) is 181 cm³/mol. The van der Waals surface area contributed by atoms with E-state index >= 15 is 0 Å². The first kappa shape index (κ1) is 30.1. The van der Waals surface area contributed by atoms with Gasteiger partial charge in [-0.2, -0.15) is 0 Å². The number of hydrogen-bond acceptors (Lipinski definition) is 4. The molecule has 1 heterocycles. The number of ketones is 2. The summed E-state index contributed by atoms with van der Waals surface area (Å²) in [7, 11) is 0. The molecule has 1 aliphatic heterocycles. The summed E-state index contributed by atoms with van der Waals surface area (Å²) in [5.74, 6) is -0.346. The van der Waals surface area contributed by atoms with Gasteiger partial charge < -0.3 is 10.6 Å². The van der Waals surface area contributed by atoms with Crippen molar-refractivity contribution in [1.29, 1.82) is 0 Å². The molecule has 0 unspecified atom stereocenters. The average Bonchev–Trinajstić information content (AvgIpc) is 2.99. The third kappa shape index (κ3) is 6.50. The fourth-order valence-corrected chi connectivity index (χ4v) is 5.13. The number of carbonyl (C=O) groups excluding carboxylic acids is 2. The van der Waals surface area contributed by atoms with Gasteiger partial charge in [0.05, 0.1) is 0 Å². The summed E-state index contributed by atoms with van der Waals surface area (Å²) < 4.78 is 0. The van der Waals surface area contributed by atoms with Crippen molar-refractivity contribution >= 4 is 45.7 Å². The van der Waals surface area contributed by atoms with Gasteiger partial charge in [0.15, 0.2) is 11.6 Å². The first-order valence-electron chi connectivity index (χ1n) is 14.5. The zero-order valence-corrected chi connectivity index (χ0v) is 25.8. The Morgan fingerprint density at radius 3 is 1.18 bits per heavy atom. The summed E-state index contributed by atoms with van der Waals surface area (Å²) in [6, 6.07) is 29.8. The Morgan fingerprint density at radius 2 is 0.818 bits per heavy atom. The van der Waals surface area contributed by atoms with Gasteiger partial charge in [0.25, 0.3) is 0 Å². The highest BCUT2D eigenvalue weighted by atomic mass is 16.1. The molecule has 0 fully saturated rings. The van der Waals surface area contributed by atoms with Crippen molar-refractivity contribution in [3.05, 3.63) is 152 Å². The van der Waals surface area contributed by atoms with Crippen LogP contribution in [0.25, 0.3) is 10.6 Å². The molecule has 1 aliphatic rings. The molecule has 0 radical (unpaired) electrons. The van der Waals surface area contributed by atoms with Gasteiger partial charge in [0, 0.05) is 45.1 Å². The number of para-hydroxylation sites is 4. The summed E-state index contributed by atoms with van der Waals surface area (Å²) in [6.07, 6.45) is 0. The minimum absolute atomic E-state index is 0.173. The van der Waals surface area contributed by atoms with Crippen molar-refractivity contribution in [2.75, 3.05) is 0 Å². The maximum Gasteiger partial charge on any atom is 0.193 e. The van der Waals surface area contributed by atoms with Crippen LogP contribution in [0.5, 0.6) is 0 Å². The summed E-state index contributed by atoms with van der Waals surface area (Å²) >= 11 is 0. The van der Waals surface area contributed by atoms with Gasteiger partial charge in [-0.1, -0.05) is 110 Å². The number of nitrogens with zero attached hydrogens (tertiary/aromatic N) is 4. The largest absolute Gasteiger partial charge is 0.659 e. The van der Waals surface area contributed by atoms with E-state index in [1.54, 1.807) is 0 Å². The van der Waals surface area contributed by atoms with Crippen LogP contribution in [0.15, 0.2) is 130 Å². The lowest BCUT2D eigenvalue weighted by Crippen LogP contribution is -2.14. The van der Waals surface area contributed by atoms with Gasteiger partial charge in [0.2, 0.25) is 0 Å². The lowest BCUT2D eigenvalue weighted by atomic mass is 9.96. The van der Waals surface area contributed by atoms with E-state index in [4.69, 9.17) is 20.6 Å². The average molecular weight is 579 g/mol. The molecular weight excluding hydrogens is 544 g/mol. The molecule has 0 saturated heterocycles. The molecule has 220 valence electrons. The number of aliphatic imine (C=N–C) groups is 2. The summed E-state index contributed by atoms with van der Waals surface area (Å²) in [6.45, 7) is 11.2. The van der Waals surface area contributed by atoms with Crippen LogP contribution in [0.3, 0.4) is 0 Å². The summed E-state index contributed by atoms with van der Waals surface area (Å²) in [5, 5.41) is 9.83. The van der Waals surface area contributed by atoms with Crippen molar-refractivity contribution in [3.63, 3.8) is 0 Å². The van der Waals surface area contributed by atoms with Gasteiger partial charge >= 0.3 is 0 Å². The van der Waals surface area contributed by atoms with E-state index in [0.717, 1.165) is 11.1 Å². The monoisotopic (exact) mass is 578 g/mol. The van der Waals surface area contributed by atoms with E-state index in [2.05, 4.69) is 0 Å². The van der Waals surface area contributed by atoms with E-state index in [1.165, 1.54) is 0 Å². The van der Waals surface area contributed by atoms with E-state index < -0.39 is 0 Å². The van der Waals surface area contributed by atoms with Crippen molar-refractivity contribution in [3.8, 4) is 0 Å². The van der Waals surface area contributed by atoms with Crippen LogP contribution in [0.2, 0.25) is 0 Å². The first-order valence-corrected chi connectivity index (χ1v) is 14.5. The standard InChI is InChI=1S/C38H36N4O2/c1-23-15-19-29(20-16-23)37(43)35-25(3)39-31-11-7-9-13-33(31)41-27(5)36(38(44)30-21-17-24(2)18-22-30)28(6)42-34-14-10-8-12-32(34)40-26(35)4/h7-22H,1-6H3,(H2,39,40,41,42,43,44)/p-2. The Labute approximate surface area is 259 Å². The Kier molecular flexibility index (Phi) is 8.81. The zero-order chi connectivity index (χ0) is 31.4.